The summed E-state index contributed by atoms with van der Waals surface area (Å²) in [5.41, 5.74) is 4.62. The summed E-state index contributed by atoms with van der Waals surface area (Å²) < 4.78 is 8.89. The van der Waals surface area contributed by atoms with E-state index in [1.54, 1.807) is 22.7 Å². The molecule has 9 nitrogen and oxygen atoms in total. The lowest BCUT2D eigenvalue weighted by molar-refractivity contribution is 0.159. The minimum atomic E-state index is -0.257. The van der Waals surface area contributed by atoms with Crippen molar-refractivity contribution in [2.75, 3.05) is 38.7 Å². The molecule has 2 N–H and O–H groups in total. The molecule has 5 aromatic rings. The lowest BCUT2D eigenvalue weighted by atomic mass is 9.92. The zero-order valence-corrected chi connectivity index (χ0v) is 23.6. The number of amides is 2. The van der Waals surface area contributed by atoms with Crippen LogP contribution in [0.2, 0.25) is 0 Å². The Morgan fingerprint density at radius 2 is 1.80 bits per heavy atom. The van der Waals surface area contributed by atoms with Crippen molar-refractivity contribution in [3.05, 3.63) is 96.3 Å². The van der Waals surface area contributed by atoms with Gasteiger partial charge in [0.25, 0.3) is 0 Å². The second-order valence-corrected chi connectivity index (χ2v) is 10.6. The van der Waals surface area contributed by atoms with E-state index in [4.69, 9.17) is 9.84 Å². The molecule has 2 aromatic heterocycles. The van der Waals surface area contributed by atoms with Crippen molar-refractivity contribution in [1.82, 2.24) is 29.8 Å². The van der Waals surface area contributed by atoms with Crippen LogP contribution in [0.3, 0.4) is 0 Å². The number of aryl methyl sites for hydroxylation is 1. The Bertz CT molecular complexity index is 1660. The van der Waals surface area contributed by atoms with Crippen LogP contribution in [0.15, 0.2) is 85.2 Å². The van der Waals surface area contributed by atoms with Crippen LogP contribution < -0.4 is 10.6 Å². The second-order valence-electron chi connectivity index (χ2n) is 10.6. The van der Waals surface area contributed by atoms with Crippen LogP contribution in [-0.2, 0) is 11.8 Å². The minimum Gasteiger partial charge on any atom is -0.383 e. The predicted octanol–water partition coefficient (Wildman–Crippen LogP) is 4.97. The van der Waals surface area contributed by atoms with E-state index in [-0.39, 0.29) is 18.0 Å². The highest BCUT2D eigenvalue weighted by Gasteiger charge is 2.35. The molecule has 3 aromatic carbocycles. The van der Waals surface area contributed by atoms with Gasteiger partial charge in [0.05, 0.1) is 24.5 Å². The van der Waals surface area contributed by atoms with Gasteiger partial charge in [0.2, 0.25) is 0 Å². The molecular formula is C32H35N7O2. The number of likely N-dealkylation sites (tertiary alicyclic amines) is 1. The number of nitrogens with zero attached hydrogens (tertiary/aromatic N) is 5. The van der Waals surface area contributed by atoms with E-state index in [0.29, 0.717) is 12.4 Å². The number of anilines is 1. The minimum absolute atomic E-state index is 0.0702. The van der Waals surface area contributed by atoms with Gasteiger partial charge in [-0.2, -0.15) is 10.2 Å². The van der Waals surface area contributed by atoms with Crippen LogP contribution in [0.25, 0.3) is 27.7 Å². The fourth-order valence-corrected chi connectivity index (χ4v) is 5.74. The molecule has 1 fully saturated rings. The number of aromatic nitrogens is 4. The Labute approximate surface area is 239 Å². The number of carbonyl (C=O) groups is 1. The Morgan fingerprint density at radius 1 is 1.02 bits per heavy atom. The SMILES string of the molecule is COCCN1C[C@@H](NC(=O)Nc2c(C)c(-c3cnn(C)c3)nn2-c2ccccc2)[C@H](c2ccc3ccccc3c2)C1. The number of hydrogen-bond donors (Lipinski definition) is 2. The standard InChI is InChI=1S/C32H35N7O2/c1-22-30(26-18-33-37(2)19-26)36-39(27-11-5-4-6-12-27)31(22)35-32(40)34-29-21-38(15-16-41-3)20-28(29)25-14-13-23-9-7-8-10-24(23)17-25/h4-14,17-19,28-29H,15-16,20-21H2,1-3H3,(H2,34,35,40)/t28-,29+/m0/s1. The molecule has 41 heavy (non-hydrogen) atoms. The molecule has 2 atom stereocenters. The Morgan fingerprint density at radius 3 is 2.56 bits per heavy atom. The molecule has 3 heterocycles. The van der Waals surface area contributed by atoms with Gasteiger partial charge in [-0.3, -0.25) is 14.9 Å². The normalized spacial score (nSPS) is 17.2. The van der Waals surface area contributed by atoms with E-state index in [1.807, 2.05) is 50.5 Å². The maximum atomic E-state index is 13.6. The maximum Gasteiger partial charge on any atom is 0.320 e. The van der Waals surface area contributed by atoms with Gasteiger partial charge in [-0.05, 0) is 35.4 Å². The average molecular weight is 550 g/mol. The third kappa shape index (κ3) is 5.59. The number of fused-ring (bicyclic) bond motifs is 1. The Hall–Kier alpha value is -4.47. The molecule has 0 spiro atoms. The van der Waals surface area contributed by atoms with E-state index < -0.39 is 0 Å². The van der Waals surface area contributed by atoms with Crippen LogP contribution >= 0.6 is 0 Å². The summed E-state index contributed by atoms with van der Waals surface area (Å²) in [7, 11) is 3.60. The van der Waals surface area contributed by atoms with Gasteiger partial charge in [-0.1, -0.05) is 60.7 Å². The molecule has 1 aliphatic rings. The third-order valence-electron chi connectivity index (χ3n) is 7.86. The summed E-state index contributed by atoms with van der Waals surface area (Å²) in [5.74, 6) is 0.775. The molecule has 210 valence electrons. The highest BCUT2D eigenvalue weighted by Crippen LogP contribution is 2.32. The number of para-hydroxylation sites is 1. The fourth-order valence-electron chi connectivity index (χ4n) is 5.74. The fraction of sp³-hybridized carbons (Fsp3) is 0.281. The summed E-state index contributed by atoms with van der Waals surface area (Å²) in [6.07, 6.45) is 3.71. The molecule has 1 aliphatic heterocycles. The van der Waals surface area contributed by atoms with Crippen molar-refractivity contribution in [2.24, 2.45) is 7.05 Å². The largest absolute Gasteiger partial charge is 0.383 e. The highest BCUT2D eigenvalue weighted by atomic mass is 16.5. The maximum absolute atomic E-state index is 13.6. The van der Waals surface area contributed by atoms with Crippen molar-refractivity contribution in [1.29, 1.82) is 0 Å². The van der Waals surface area contributed by atoms with Crippen LogP contribution in [-0.4, -0.2) is 69.9 Å². The number of rotatable bonds is 8. The van der Waals surface area contributed by atoms with Crippen LogP contribution in [0.5, 0.6) is 0 Å². The number of ether oxygens (including phenoxy) is 1. The van der Waals surface area contributed by atoms with Crippen molar-refractivity contribution in [2.45, 2.75) is 18.9 Å². The number of carbonyl (C=O) groups excluding carboxylic acids is 1. The third-order valence-corrected chi connectivity index (χ3v) is 7.86. The van der Waals surface area contributed by atoms with E-state index in [2.05, 4.69) is 63.1 Å². The zero-order chi connectivity index (χ0) is 28.3. The highest BCUT2D eigenvalue weighted by molar-refractivity contribution is 5.91. The summed E-state index contributed by atoms with van der Waals surface area (Å²) >= 11 is 0. The van der Waals surface area contributed by atoms with Gasteiger partial charge in [0, 0.05) is 57.0 Å². The summed E-state index contributed by atoms with van der Waals surface area (Å²) in [4.78, 5) is 16.0. The first kappa shape index (κ1) is 26.7. The zero-order valence-electron chi connectivity index (χ0n) is 23.6. The molecule has 0 bridgehead atoms. The molecule has 0 aliphatic carbocycles. The lowest BCUT2D eigenvalue weighted by Crippen LogP contribution is -2.42. The molecule has 6 rings (SSSR count). The van der Waals surface area contributed by atoms with E-state index in [1.165, 1.54) is 16.3 Å². The lowest BCUT2D eigenvalue weighted by Gasteiger charge is -2.21. The van der Waals surface area contributed by atoms with Gasteiger partial charge in [0.1, 0.15) is 11.5 Å². The predicted molar refractivity (Wildman–Crippen MR) is 161 cm³/mol. The molecule has 1 saturated heterocycles. The molecule has 0 unspecified atom stereocenters. The van der Waals surface area contributed by atoms with Crippen LogP contribution in [0.4, 0.5) is 10.6 Å². The number of urea groups is 1. The van der Waals surface area contributed by atoms with Gasteiger partial charge in [-0.25, -0.2) is 9.48 Å². The number of hydrogen-bond acceptors (Lipinski definition) is 5. The van der Waals surface area contributed by atoms with Gasteiger partial charge in [0.15, 0.2) is 0 Å². The van der Waals surface area contributed by atoms with Crippen molar-refractivity contribution >= 4 is 22.6 Å². The number of nitrogens with one attached hydrogen (secondary N) is 2. The first-order valence-corrected chi connectivity index (χ1v) is 13.9. The summed E-state index contributed by atoms with van der Waals surface area (Å²) in [5, 5.41) is 18.1. The first-order valence-electron chi connectivity index (χ1n) is 13.9. The van der Waals surface area contributed by atoms with Crippen LogP contribution in [0.1, 0.15) is 17.0 Å². The molecule has 9 heteroatoms. The van der Waals surface area contributed by atoms with Crippen molar-refractivity contribution in [3.8, 4) is 16.9 Å². The first-order chi connectivity index (χ1) is 20.0. The van der Waals surface area contributed by atoms with E-state index >= 15 is 0 Å². The molecule has 0 saturated carbocycles. The molecule has 0 radical (unpaired) electrons. The molecular weight excluding hydrogens is 514 g/mol. The monoisotopic (exact) mass is 549 g/mol. The quantitative estimate of drug-likeness (QED) is 0.285. The Balaban J connectivity index is 1.28. The van der Waals surface area contributed by atoms with Crippen molar-refractivity contribution < 1.29 is 9.53 Å². The smallest absolute Gasteiger partial charge is 0.320 e. The number of methoxy groups -OCH3 is 1. The van der Waals surface area contributed by atoms with E-state index in [9.17, 15) is 4.79 Å². The van der Waals surface area contributed by atoms with E-state index in [0.717, 1.165) is 42.1 Å². The average Bonchev–Trinajstić information content (AvgIpc) is 3.69. The van der Waals surface area contributed by atoms with Crippen molar-refractivity contribution in [3.63, 3.8) is 0 Å². The van der Waals surface area contributed by atoms with Gasteiger partial charge in [-0.15, -0.1) is 0 Å². The molecule has 2 amide bonds. The van der Waals surface area contributed by atoms with Gasteiger partial charge < -0.3 is 10.1 Å². The second kappa shape index (κ2) is 11.6. The number of benzene rings is 3. The topological polar surface area (TPSA) is 89.2 Å². The summed E-state index contributed by atoms with van der Waals surface area (Å²) in [6.45, 7) is 5.03. The summed E-state index contributed by atoms with van der Waals surface area (Å²) in [6, 6.07) is 24.5. The Kier molecular flexibility index (Phi) is 7.54. The van der Waals surface area contributed by atoms with Crippen LogP contribution in [0, 0.1) is 6.92 Å². The van der Waals surface area contributed by atoms with Gasteiger partial charge >= 0.3 is 6.03 Å².